The van der Waals surface area contributed by atoms with E-state index in [-0.39, 0.29) is 11.4 Å². The predicted molar refractivity (Wildman–Crippen MR) is 103 cm³/mol. The van der Waals surface area contributed by atoms with Gasteiger partial charge in [-0.25, -0.2) is 4.98 Å². The highest BCUT2D eigenvalue weighted by molar-refractivity contribution is 6.03. The van der Waals surface area contributed by atoms with Crippen molar-refractivity contribution in [1.82, 2.24) is 9.97 Å². The average molecular weight is 368 g/mol. The number of aromatic amines is 1. The summed E-state index contributed by atoms with van der Waals surface area (Å²) in [6.07, 6.45) is -3.13. The molecule has 0 saturated heterocycles. The van der Waals surface area contributed by atoms with Gasteiger partial charge in [0.1, 0.15) is 17.9 Å². The van der Waals surface area contributed by atoms with Gasteiger partial charge in [-0.15, -0.1) is 0 Å². The first-order valence-electron chi connectivity index (χ1n) is 8.36. The summed E-state index contributed by atoms with van der Waals surface area (Å²) in [4.78, 5) is 19.4. The van der Waals surface area contributed by atoms with E-state index < -0.39 is 24.4 Å². The summed E-state index contributed by atoms with van der Waals surface area (Å²) in [7, 11) is 0. The van der Waals surface area contributed by atoms with E-state index in [9.17, 15) is 15.0 Å². The van der Waals surface area contributed by atoms with E-state index in [0.717, 1.165) is 5.56 Å². The van der Waals surface area contributed by atoms with Gasteiger partial charge >= 0.3 is 0 Å². The molecule has 2 aromatic carbocycles. The summed E-state index contributed by atoms with van der Waals surface area (Å²) in [5, 5.41) is 33.5. The van der Waals surface area contributed by atoms with Gasteiger partial charge in [0.15, 0.2) is 5.69 Å². The second-order valence-corrected chi connectivity index (χ2v) is 6.10. The van der Waals surface area contributed by atoms with Crippen molar-refractivity contribution in [3.63, 3.8) is 0 Å². The number of benzene rings is 2. The maximum absolute atomic E-state index is 12.5. The molecule has 0 amide bonds. The van der Waals surface area contributed by atoms with Crippen LogP contribution < -0.4 is 11.0 Å². The van der Waals surface area contributed by atoms with Crippen molar-refractivity contribution in [3.05, 3.63) is 70.1 Å². The third-order valence-electron chi connectivity index (χ3n) is 4.03. The topological polar surface area (TPSA) is 131 Å². The number of aryl methyl sites for hydroxylation is 1. The first-order valence-corrected chi connectivity index (χ1v) is 8.36. The number of aliphatic hydroxyl groups is 3. The van der Waals surface area contributed by atoms with Crippen LogP contribution >= 0.6 is 0 Å². The Morgan fingerprint density at radius 3 is 2.59 bits per heavy atom. The normalized spacial score (nSPS) is 14.1. The lowest BCUT2D eigenvalue weighted by Gasteiger charge is -2.17. The van der Waals surface area contributed by atoms with Crippen LogP contribution in [0.4, 0.5) is 5.69 Å². The van der Waals surface area contributed by atoms with Crippen molar-refractivity contribution in [3.8, 4) is 0 Å². The number of para-hydroxylation sites is 2. The number of rotatable bonds is 6. The number of hydrogen-bond donors (Lipinski definition) is 5. The maximum atomic E-state index is 12.5. The van der Waals surface area contributed by atoms with Crippen molar-refractivity contribution >= 4 is 22.4 Å². The van der Waals surface area contributed by atoms with Crippen LogP contribution in [-0.4, -0.2) is 49.8 Å². The van der Waals surface area contributed by atoms with E-state index in [4.69, 9.17) is 5.11 Å². The number of hydrogen-bond acceptors (Lipinski definition) is 7. The Morgan fingerprint density at radius 1 is 1.19 bits per heavy atom. The number of aliphatic hydroxyl groups excluding tert-OH is 3. The third kappa shape index (κ3) is 4.20. The first-order chi connectivity index (χ1) is 13.0. The molecule has 0 spiro atoms. The van der Waals surface area contributed by atoms with E-state index in [1.165, 1.54) is 0 Å². The molecule has 5 N–H and O–H groups in total. The minimum absolute atomic E-state index is 0.145. The van der Waals surface area contributed by atoms with Gasteiger partial charge in [0, 0.05) is 0 Å². The average Bonchev–Trinajstić information content (AvgIpc) is 2.68. The fraction of sp³-hybridized carbons (Fsp3) is 0.211. The molecule has 1 heterocycles. The van der Waals surface area contributed by atoms with Crippen LogP contribution in [0.2, 0.25) is 0 Å². The van der Waals surface area contributed by atoms with Crippen molar-refractivity contribution < 1.29 is 15.3 Å². The Kier molecular flexibility index (Phi) is 5.60. The van der Waals surface area contributed by atoms with Gasteiger partial charge < -0.3 is 20.3 Å². The number of anilines is 1. The summed E-state index contributed by atoms with van der Waals surface area (Å²) in [6, 6.07) is 14.2. The fourth-order valence-electron chi connectivity index (χ4n) is 2.50. The third-order valence-corrected chi connectivity index (χ3v) is 4.03. The second-order valence-electron chi connectivity index (χ2n) is 6.10. The molecule has 27 heavy (non-hydrogen) atoms. The SMILES string of the molecule is Cc1ccc(N/N=C(/c2nc3ccccc3[nH]c2=O)C(O)C(O)CO)cc1. The van der Waals surface area contributed by atoms with Gasteiger partial charge in [0.2, 0.25) is 0 Å². The molecule has 1 aromatic heterocycles. The minimum Gasteiger partial charge on any atom is -0.394 e. The molecule has 0 aliphatic carbocycles. The molecule has 0 bridgehead atoms. The number of nitrogens with zero attached hydrogens (tertiary/aromatic N) is 2. The molecule has 0 saturated carbocycles. The Hall–Kier alpha value is -3.07. The molecular weight excluding hydrogens is 348 g/mol. The predicted octanol–water partition coefficient (Wildman–Crippen LogP) is 0.762. The van der Waals surface area contributed by atoms with Gasteiger partial charge in [-0.05, 0) is 31.2 Å². The van der Waals surface area contributed by atoms with Crippen LogP contribution in [0.1, 0.15) is 11.3 Å². The number of fused-ring (bicyclic) bond motifs is 1. The molecule has 0 fully saturated rings. The molecule has 0 aliphatic rings. The Morgan fingerprint density at radius 2 is 1.89 bits per heavy atom. The number of aromatic nitrogens is 2. The van der Waals surface area contributed by atoms with E-state index in [0.29, 0.717) is 16.7 Å². The van der Waals surface area contributed by atoms with E-state index in [1.54, 1.807) is 36.4 Å². The van der Waals surface area contributed by atoms with Crippen LogP contribution in [0.25, 0.3) is 11.0 Å². The lowest BCUT2D eigenvalue weighted by Crippen LogP contribution is -2.40. The van der Waals surface area contributed by atoms with Crippen LogP contribution in [0, 0.1) is 6.92 Å². The van der Waals surface area contributed by atoms with Gasteiger partial charge in [-0.2, -0.15) is 5.10 Å². The molecule has 0 radical (unpaired) electrons. The molecule has 2 atom stereocenters. The zero-order valence-electron chi connectivity index (χ0n) is 14.6. The highest BCUT2D eigenvalue weighted by Crippen LogP contribution is 2.12. The van der Waals surface area contributed by atoms with Crippen LogP contribution in [0.5, 0.6) is 0 Å². The number of nitrogens with one attached hydrogen (secondary N) is 2. The first kappa shape index (κ1) is 18.7. The molecule has 3 aromatic rings. The monoisotopic (exact) mass is 368 g/mol. The molecule has 2 unspecified atom stereocenters. The summed E-state index contributed by atoms with van der Waals surface area (Å²) in [5.41, 5.74) is 4.59. The number of hydrazone groups is 1. The van der Waals surface area contributed by atoms with Crippen LogP contribution in [0.3, 0.4) is 0 Å². The number of H-pyrrole nitrogens is 1. The van der Waals surface area contributed by atoms with Crippen molar-refractivity contribution in [2.45, 2.75) is 19.1 Å². The molecular formula is C19H20N4O4. The highest BCUT2D eigenvalue weighted by atomic mass is 16.4. The smallest absolute Gasteiger partial charge is 0.276 e. The maximum Gasteiger partial charge on any atom is 0.276 e. The molecule has 8 heteroatoms. The fourth-order valence-corrected chi connectivity index (χ4v) is 2.50. The van der Waals surface area contributed by atoms with Gasteiger partial charge in [-0.3, -0.25) is 10.2 Å². The lowest BCUT2D eigenvalue weighted by atomic mass is 10.1. The molecule has 0 aliphatic heterocycles. The largest absolute Gasteiger partial charge is 0.394 e. The van der Waals surface area contributed by atoms with E-state index >= 15 is 0 Å². The van der Waals surface area contributed by atoms with Crippen molar-refractivity contribution in [2.75, 3.05) is 12.0 Å². The van der Waals surface area contributed by atoms with E-state index in [1.807, 2.05) is 19.1 Å². The molecule has 8 nitrogen and oxygen atoms in total. The molecule has 140 valence electrons. The summed E-state index contributed by atoms with van der Waals surface area (Å²) < 4.78 is 0. The zero-order chi connectivity index (χ0) is 19.4. The van der Waals surface area contributed by atoms with Crippen molar-refractivity contribution in [2.24, 2.45) is 5.10 Å². The highest BCUT2D eigenvalue weighted by Gasteiger charge is 2.26. The van der Waals surface area contributed by atoms with Gasteiger partial charge in [0.05, 0.1) is 23.3 Å². The lowest BCUT2D eigenvalue weighted by molar-refractivity contribution is 0.0185. The molecule has 3 rings (SSSR count). The quantitative estimate of drug-likeness (QED) is 0.323. The summed E-state index contributed by atoms with van der Waals surface area (Å²) in [5.74, 6) is 0. The van der Waals surface area contributed by atoms with Crippen LogP contribution in [0.15, 0.2) is 58.4 Å². The Labute approximate surface area is 154 Å². The Bertz CT molecular complexity index is 1010. The summed E-state index contributed by atoms with van der Waals surface area (Å²) in [6.45, 7) is 1.24. The van der Waals surface area contributed by atoms with E-state index in [2.05, 4.69) is 20.5 Å². The minimum atomic E-state index is -1.61. The second kappa shape index (κ2) is 8.09. The Balaban J connectivity index is 2.06. The standard InChI is InChI=1S/C19H20N4O4/c1-11-6-8-12(9-7-11)22-23-16(18(26)15(25)10-24)17-19(27)21-14-5-3-2-4-13(14)20-17/h2-9,15,18,22,24-26H,10H2,1H3,(H,21,27)/b23-16-. The van der Waals surface area contributed by atoms with Gasteiger partial charge in [-0.1, -0.05) is 29.8 Å². The van der Waals surface area contributed by atoms with Gasteiger partial charge in [0.25, 0.3) is 5.56 Å². The van der Waals surface area contributed by atoms with Crippen LogP contribution in [-0.2, 0) is 0 Å². The summed E-state index contributed by atoms with van der Waals surface area (Å²) >= 11 is 0. The zero-order valence-corrected chi connectivity index (χ0v) is 14.6. The van der Waals surface area contributed by atoms with Crippen molar-refractivity contribution in [1.29, 1.82) is 0 Å².